The molecule has 3 rings (SSSR count). The van der Waals surface area contributed by atoms with Crippen molar-refractivity contribution < 1.29 is 14.3 Å². The molecule has 2 aromatic rings. The van der Waals surface area contributed by atoms with Crippen LogP contribution in [0.15, 0.2) is 18.5 Å². The van der Waals surface area contributed by atoms with Crippen molar-refractivity contribution in [3.05, 3.63) is 24.0 Å². The number of ether oxygens (including phenoxy) is 1. The Morgan fingerprint density at radius 3 is 2.61 bits per heavy atom. The van der Waals surface area contributed by atoms with Crippen molar-refractivity contribution >= 4 is 28.7 Å². The van der Waals surface area contributed by atoms with Crippen LogP contribution < -0.4 is 16.4 Å². The number of carbonyl (C=O) groups excluding carboxylic acids is 2. The summed E-state index contributed by atoms with van der Waals surface area (Å²) in [5, 5.41) is 10.7. The maximum Gasteiger partial charge on any atom is 0.252 e. The van der Waals surface area contributed by atoms with Crippen LogP contribution >= 0.6 is 0 Å². The number of fused-ring (bicyclic) bond motifs is 1. The van der Waals surface area contributed by atoms with Crippen LogP contribution in [0.1, 0.15) is 50.9 Å². The topological polar surface area (TPSA) is 111 Å². The van der Waals surface area contributed by atoms with Gasteiger partial charge in [-0.05, 0) is 31.2 Å². The molecule has 8 nitrogen and oxygen atoms in total. The van der Waals surface area contributed by atoms with Gasteiger partial charge in [0.05, 0.1) is 34.8 Å². The van der Waals surface area contributed by atoms with Gasteiger partial charge in [-0.1, -0.05) is 20.8 Å². The van der Waals surface area contributed by atoms with Crippen LogP contribution in [-0.4, -0.2) is 40.7 Å². The van der Waals surface area contributed by atoms with E-state index in [4.69, 9.17) is 10.5 Å². The summed E-state index contributed by atoms with van der Waals surface area (Å²) in [7, 11) is 0. The Kier molecular flexibility index (Phi) is 5.60. The normalized spacial score (nSPS) is 16.7. The molecule has 152 valence electrons. The fourth-order valence-corrected chi connectivity index (χ4v) is 3.10. The number of nitrogens with one attached hydrogen (secondary N) is 2. The summed E-state index contributed by atoms with van der Waals surface area (Å²) < 4.78 is 6.96. The number of amides is 2. The van der Waals surface area contributed by atoms with Crippen LogP contribution in [0.4, 0.5) is 11.4 Å². The molecule has 0 radical (unpaired) electrons. The van der Waals surface area contributed by atoms with Crippen molar-refractivity contribution in [3.8, 4) is 0 Å². The lowest BCUT2D eigenvalue weighted by Crippen LogP contribution is -2.32. The van der Waals surface area contributed by atoms with Crippen LogP contribution in [0, 0.1) is 11.3 Å². The molecule has 0 bridgehead atoms. The van der Waals surface area contributed by atoms with Crippen LogP contribution in [0.5, 0.6) is 0 Å². The lowest BCUT2D eigenvalue weighted by molar-refractivity contribution is -0.122. The van der Waals surface area contributed by atoms with Crippen LogP contribution in [-0.2, 0) is 9.53 Å². The predicted molar refractivity (Wildman–Crippen MR) is 108 cm³/mol. The lowest BCUT2D eigenvalue weighted by Gasteiger charge is -2.29. The highest BCUT2D eigenvalue weighted by molar-refractivity contribution is 6.03. The summed E-state index contributed by atoms with van der Waals surface area (Å²) in [6.07, 6.45) is 4.64. The number of nitrogens with two attached hydrogens (primary N) is 1. The third-order valence-corrected chi connectivity index (χ3v) is 5.42. The average molecular weight is 387 g/mol. The first kappa shape index (κ1) is 20.1. The van der Waals surface area contributed by atoms with Crippen molar-refractivity contribution in [1.29, 1.82) is 0 Å². The van der Waals surface area contributed by atoms with E-state index in [1.165, 1.54) is 6.20 Å². The summed E-state index contributed by atoms with van der Waals surface area (Å²) in [4.78, 5) is 24.5. The molecular formula is C20H29N5O3. The van der Waals surface area contributed by atoms with E-state index in [-0.39, 0.29) is 23.3 Å². The molecule has 0 aliphatic carbocycles. The molecule has 2 amide bonds. The van der Waals surface area contributed by atoms with Gasteiger partial charge in [0.15, 0.2) is 0 Å². The fourth-order valence-electron chi connectivity index (χ4n) is 3.10. The third kappa shape index (κ3) is 4.27. The average Bonchev–Trinajstić information content (AvgIpc) is 3.04. The monoisotopic (exact) mass is 387 g/mol. The first-order valence-electron chi connectivity index (χ1n) is 9.63. The van der Waals surface area contributed by atoms with Gasteiger partial charge in [-0.25, -0.2) is 4.52 Å². The van der Waals surface area contributed by atoms with Crippen LogP contribution in [0.3, 0.4) is 0 Å². The highest BCUT2D eigenvalue weighted by Crippen LogP contribution is 2.30. The van der Waals surface area contributed by atoms with Crippen molar-refractivity contribution in [2.24, 2.45) is 17.1 Å². The molecule has 1 aliphatic rings. The first-order valence-corrected chi connectivity index (χ1v) is 9.63. The van der Waals surface area contributed by atoms with E-state index in [1.807, 2.05) is 6.07 Å². The Morgan fingerprint density at radius 2 is 2.00 bits per heavy atom. The van der Waals surface area contributed by atoms with Gasteiger partial charge in [-0.15, -0.1) is 0 Å². The highest BCUT2D eigenvalue weighted by Gasteiger charge is 2.25. The number of primary amides is 1. The molecule has 3 heterocycles. The lowest BCUT2D eigenvalue weighted by atomic mass is 9.88. The molecule has 28 heavy (non-hydrogen) atoms. The molecule has 8 heteroatoms. The number of carbonyl (C=O) groups is 2. The summed E-state index contributed by atoms with van der Waals surface area (Å²) in [5.74, 6) is -0.621. The SMILES string of the molecule is C[C@@H](Nc1c(C(N)=O)cnn2cc(NC(=O)C3CCOCC3)cc12)C(C)(C)C. The maximum atomic E-state index is 12.5. The van der Waals surface area contributed by atoms with Crippen molar-refractivity contribution in [2.45, 2.75) is 46.6 Å². The molecule has 1 fully saturated rings. The smallest absolute Gasteiger partial charge is 0.252 e. The molecule has 1 saturated heterocycles. The Balaban J connectivity index is 1.92. The number of aromatic nitrogens is 2. The second kappa shape index (κ2) is 7.79. The molecule has 1 aliphatic heterocycles. The zero-order valence-electron chi connectivity index (χ0n) is 16.9. The Bertz CT molecular complexity index is 878. The minimum Gasteiger partial charge on any atom is -0.381 e. The van der Waals surface area contributed by atoms with Gasteiger partial charge >= 0.3 is 0 Å². The maximum absolute atomic E-state index is 12.5. The van der Waals surface area contributed by atoms with Crippen molar-refractivity contribution in [3.63, 3.8) is 0 Å². The second-order valence-corrected chi connectivity index (χ2v) is 8.46. The Labute approximate surface area is 164 Å². The van der Waals surface area contributed by atoms with Crippen LogP contribution in [0.25, 0.3) is 5.52 Å². The molecule has 0 aromatic carbocycles. The van der Waals surface area contributed by atoms with Crippen molar-refractivity contribution in [2.75, 3.05) is 23.8 Å². The van der Waals surface area contributed by atoms with E-state index in [1.54, 1.807) is 10.7 Å². The van der Waals surface area contributed by atoms with E-state index in [9.17, 15) is 9.59 Å². The quantitative estimate of drug-likeness (QED) is 0.730. The van der Waals surface area contributed by atoms with Gasteiger partial charge in [0.25, 0.3) is 5.91 Å². The number of hydrogen-bond acceptors (Lipinski definition) is 5. The molecular weight excluding hydrogens is 358 g/mol. The van der Waals surface area contributed by atoms with Gasteiger partial charge in [0, 0.05) is 25.2 Å². The van der Waals surface area contributed by atoms with Crippen LogP contribution in [0.2, 0.25) is 0 Å². The first-order chi connectivity index (χ1) is 13.2. The zero-order chi connectivity index (χ0) is 20.5. The van der Waals surface area contributed by atoms with Gasteiger partial charge in [-0.2, -0.15) is 5.10 Å². The van der Waals surface area contributed by atoms with Crippen molar-refractivity contribution in [1.82, 2.24) is 9.61 Å². The number of rotatable bonds is 5. The fraction of sp³-hybridized carbons (Fsp3) is 0.550. The van der Waals surface area contributed by atoms with E-state index < -0.39 is 5.91 Å². The van der Waals surface area contributed by atoms with E-state index in [0.29, 0.717) is 35.7 Å². The standard InChI is InChI=1S/C20H29N5O3/c1-12(20(2,3)4)23-17-15(18(21)26)10-22-25-11-14(9-16(17)25)24-19(27)13-5-7-28-8-6-13/h9-13,23H,5-8H2,1-4H3,(H2,21,26)(H,24,27)/t12-/m1/s1. The zero-order valence-corrected chi connectivity index (χ0v) is 16.9. The predicted octanol–water partition coefficient (Wildman–Crippen LogP) is 2.64. The van der Waals surface area contributed by atoms with Gasteiger partial charge in [-0.3, -0.25) is 9.59 Å². The summed E-state index contributed by atoms with van der Waals surface area (Å²) >= 11 is 0. The molecule has 1 atom stereocenters. The molecule has 4 N–H and O–H groups in total. The largest absolute Gasteiger partial charge is 0.381 e. The molecule has 0 unspecified atom stereocenters. The minimum atomic E-state index is -0.549. The Morgan fingerprint density at radius 1 is 1.32 bits per heavy atom. The minimum absolute atomic E-state index is 0.0214. The van der Waals surface area contributed by atoms with Gasteiger partial charge in [0.2, 0.25) is 5.91 Å². The van der Waals surface area contributed by atoms with Gasteiger partial charge in [0.1, 0.15) is 0 Å². The van der Waals surface area contributed by atoms with E-state index in [2.05, 4.69) is 43.4 Å². The summed E-state index contributed by atoms with van der Waals surface area (Å²) in [6, 6.07) is 1.89. The molecule has 0 spiro atoms. The van der Waals surface area contributed by atoms with E-state index >= 15 is 0 Å². The van der Waals surface area contributed by atoms with E-state index in [0.717, 1.165) is 12.8 Å². The second-order valence-electron chi connectivity index (χ2n) is 8.46. The summed E-state index contributed by atoms with van der Waals surface area (Å²) in [6.45, 7) is 9.62. The summed E-state index contributed by atoms with van der Waals surface area (Å²) in [5.41, 5.74) is 7.81. The number of anilines is 2. The number of nitrogens with zero attached hydrogens (tertiary/aromatic N) is 2. The number of hydrogen-bond donors (Lipinski definition) is 3. The van der Waals surface area contributed by atoms with Gasteiger partial charge < -0.3 is 21.1 Å². The molecule has 0 saturated carbocycles. The third-order valence-electron chi connectivity index (χ3n) is 5.42. The Hall–Kier alpha value is -2.61. The highest BCUT2D eigenvalue weighted by atomic mass is 16.5. The molecule has 2 aromatic heterocycles.